The van der Waals surface area contributed by atoms with Gasteiger partial charge in [0.15, 0.2) is 5.82 Å². The van der Waals surface area contributed by atoms with E-state index in [0.29, 0.717) is 18.1 Å². The maximum absolute atomic E-state index is 12.3. The summed E-state index contributed by atoms with van der Waals surface area (Å²) in [6, 6.07) is 2.13. The number of hydrogen-bond acceptors (Lipinski definition) is 5. The molecule has 0 atom stereocenters. The summed E-state index contributed by atoms with van der Waals surface area (Å²) in [6.07, 6.45) is 7.75. The lowest BCUT2D eigenvalue weighted by molar-refractivity contribution is -0.117. The van der Waals surface area contributed by atoms with Gasteiger partial charge >= 0.3 is 0 Å². The van der Waals surface area contributed by atoms with Crippen molar-refractivity contribution in [3.63, 3.8) is 0 Å². The molecule has 1 N–H and O–H groups in total. The number of nitrogens with zero attached hydrogens (tertiary/aromatic N) is 4. The fourth-order valence-corrected chi connectivity index (χ4v) is 3.37. The van der Waals surface area contributed by atoms with Gasteiger partial charge in [0.2, 0.25) is 5.91 Å². The molecular weight excluding hydrogens is 350 g/mol. The molecule has 2 aromatic rings. The van der Waals surface area contributed by atoms with Gasteiger partial charge in [-0.15, -0.1) is 0 Å². The van der Waals surface area contributed by atoms with Crippen LogP contribution < -0.4 is 10.2 Å². The first-order valence-corrected chi connectivity index (χ1v) is 9.74. The topological polar surface area (TPSA) is 71.0 Å². The molecule has 0 radical (unpaired) electrons. The number of carbonyl (C=O) groups excluding carboxylic acids is 1. The molecule has 1 aliphatic rings. The number of aryl methyl sites for hydroxylation is 2. The molecule has 0 fully saturated rings. The minimum atomic E-state index is -0.0494. The van der Waals surface area contributed by atoms with Crippen LogP contribution in [0.2, 0.25) is 0 Å². The lowest BCUT2D eigenvalue weighted by Crippen LogP contribution is -2.30. The van der Waals surface area contributed by atoms with Crippen LogP contribution in [0.15, 0.2) is 25.0 Å². The average molecular weight is 380 g/mol. The lowest BCUT2D eigenvalue weighted by Gasteiger charge is -2.31. The Hall–Kier alpha value is -2.76. The van der Waals surface area contributed by atoms with Crippen molar-refractivity contribution in [1.29, 1.82) is 0 Å². The normalized spacial score (nSPS) is 13.8. The molecule has 2 aromatic heterocycles. The van der Waals surface area contributed by atoms with Crippen LogP contribution >= 0.6 is 0 Å². The van der Waals surface area contributed by atoms with Crippen LogP contribution in [0.1, 0.15) is 56.3 Å². The Morgan fingerprint density at radius 3 is 2.68 bits per heavy atom. The maximum atomic E-state index is 12.3. The number of hydrogen-bond donors (Lipinski definition) is 1. The third-order valence-corrected chi connectivity index (χ3v) is 4.68. The molecule has 0 aliphatic carbocycles. The maximum Gasteiger partial charge on any atom is 0.226 e. The Balaban J connectivity index is 1.79. The van der Waals surface area contributed by atoms with E-state index in [2.05, 4.69) is 53.6 Å². The summed E-state index contributed by atoms with van der Waals surface area (Å²) >= 11 is 0. The first-order valence-electron chi connectivity index (χ1n) is 9.74. The first-order chi connectivity index (χ1) is 13.2. The van der Waals surface area contributed by atoms with Crippen LogP contribution in [-0.4, -0.2) is 27.4 Å². The zero-order chi connectivity index (χ0) is 20.3. The van der Waals surface area contributed by atoms with E-state index in [1.807, 2.05) is 19.3 Å². The minimum absolute atomic E-state index is 0.00942. The highest BCUT2D eigenvalue weighted by Crippen LogP contribution is 2.31. The SMILES string of the molecule is C=Cc1ncc(CN2CCCc3nc(NC(=O)CC(C)(C)C)c(C)cc32)cn1. The number of nitrogens with one attached hydrogen (secondary N) is 1. The molecule has 0 bridgehead atoms. The Morgan fingerprint density at radius 1 is 1.32 bits per heavy atom. The number of amides is 1. The molecule has 3 heterocycles. The fourth-order valence-electron chi connectivity index (χ4n) is 3.37. The van der Waals surface area contributed by atoms with Gasteiger partial charge in [0.05, 0.1) is 11.4 Å². The van der Waals surface area contributed by atoms with E-state index < -0.39 is 0 Å². The van der Waals surface area contributed by atoms with Crippen LogP contribution in [0.25, 0.3) is 6.08 Å². The van der Waals surface area contributed by atoms with Crippen LogP contribution in [0.5, 0.6) is 0 Å². The quantitative estimate of drug-likeness (QED) is 0.845. The largest absolute Gasteiger partial charge is 0.366 e. The lowest BCUT2D eigenvalue weighted by atomic mass is 9.92. The number of fused-ring (bicyclic) bond motifs is 1. The predicted molar refractivity (Wildman–Crippen MR) is 113 cm³/mol. The highest BCUT2D eigenvalue weighted by Gasteiger charge is 2.22. The van der Waals surface area contributed by atoms with Crippen molar-refractivity contribution in [2.45, 2.75) is 53.5 Å². The van der Waals surface area contributed by atoms with Gasteiger partial charge < -0.3 is 10.2 Å². The predicted octanol–water partition coefficient (Wildman–Crippen LogP) is 4.15. The van der Waals surface area contributed by atoms with E-state index in [0.717, 1.165) is 48.4 Å². The van der Waals surface area contributed by atoms with Gasteiger partial charge in [0.25, 0.3) is 0 Å². The Kier molecular flexibility index (Phi) is 5.77. The van der Waals surface area contributed by atoms with E-state index in [-0.39, 0.29) is 11.3 Å². The second kappa shape index (κ2) is 8.09. The molecule has 3 rings (SSSR count). The van der Waals surface area contributed by atoms with Gasteiger partial charge in [0.1, 0.15) is 5.82 Å². The molecular formula is C22H29N5O. The smallest absolute Gasteiger partial charge is 0.226 e. The van der Waals surface area contributed by atoms with Crippen LogP contribution in [0.4, 0.5) is 11.5 Å². The van der Waals surface area contributed by atoms with Crippen molar-refractivity contribution in [1.82, 2.24) is 15.0 Å². The van der Waals surface area contributed by atoms with E-state index in [1.165, 1.54) is 0 Å². The third kappa shape index (κ3) is 4.94. The molecule has 28 heavy (non-hydrogen) atoms. The van der Waals surface area contributed by atoms with Crippen LogP contribution in [0.3, 0.4) is 0 Å². The first kappa shape index (κ1) is 20.0. The van der Waals surface area contributed by atoms with Gasteiger partial charge in [0, 0.05) is 37.5 Å². The van der Waals surface area contributed by atoms with Crippen molar-refractivity contribution in [2.75, 3.05) is 16.8 Å². The Morgan fingerprint density at radius 2 is 2.04 bits per heavy atom. The number of anilines is 2. The average Bonchev–Trinajstić information content (AvgIpc) is 2.62. The van der Waals surface area contributed by atoms with E-state index in [4.69, 9.17) is 4.98 Å². The van der Waals surface area contributed by atoms with Gasteiger partial charge in [-0.3, -0.25) is 4.79 Å². The van der Waals surface area contributed by atoms with E-state index in [1.54, 1.807) is 6.08 Å². The second-order valence-electron chi connectivity index (χ2n) is 8.58. The minimum Gasteiger partial charge on any atom is -0.366 e. The standard InChI is InChI=1S/C22H29N5O/c1-6-19-23-12-16(13-24-19)14-27-9-7-8-17-18(27)10-15(2)21(25-17)26-20(28)11-22(3,4)5/h6,10,12-13H,1,7-9,11,14H2,2-5H3,(H,25,26,28). The summed E-state index contributed by atoms with van der Waals surface area (Å²) in [6.45, 7) is 13.6. The van der Waals surface area contributed by atoms with Crippen molar-refractivity contribution in [3.05, 3.63) is 47.7 Å². The zero-order valence-corrected chi connectivity index (χ0v) is 17.2. The summed E-state index contributed by atoms with van der Waals surface area (Å²) in [5.41, 5.74) is 4.15. The van der Waals surface area contributed by atoms with Gasteiger partial charge in [-0.25, -0.2) is 15.0 Å². The van der Waals surface area contributed by atoms with Crippen molar-refractivity contribution >= 4 is 23.5 Å². The highest BCUT2D eigenvalue weighted by atomic mass is 16.1. The molecule has 1 aliphatic heterocycles. The Bertz CT molecular complexity index is 868. The molecule has 0 unspecified atom stereocenters. The molecule has 148 valence electrons. The van der Waals surface area contributed by atoms with Crippen LogP contribution in [0, 0.1) is 12.3 Å². The van der Waals surface area contributed by atoms with Crippen molar-refractivity contribution in [2.24, 2.45) is 5.41 Å². The fraction of sp³-hybridized carbons (Fsp3) is 0.455. The zero-order valence-electron chi connectivity index (χ0n) is 17.2. The molecule has 0 saturated heterocycles. The molecule has 6 nitrogen and oxygen atoms in total. The van der Waals surface area contributed by atoms with Crippen molar-refractivity contribution in [3.8, 4) is 0 Å². The Labute approximate surface area is 167 Å². The molecule has 6 heteroatoms. The van der Waals surface area contributed by atoms with E-state index in [9.17, 15) is 4.79 Å². The van der Waals surface area contributed by atoms with Crippen molar-refractivity contribution < 1.29 is 4.79 Å². The third-order valence-electron chi connectivity index (χ3n) is 4.68. The summed E-state index contributed by atoms with van der Waals surface area (Å²) in [4.78, 5) is 28.0. The molecule has 0 aromatic carbocycles. The van der Waals surface area contributed by atoms with E-state index >= 15 is 0 Å². The molecule has 0 spiro atoms. The number of rotatable bonds is 5. The molecule has 0 saturated carbocycles. The summed E-state index contributed by atoms with van der Waals surface area (Å²) in [5.74, 6) is 1.32. The second-order valence-corrected chi connectivity index (χ2v) is 8.58. The number of carbonyl (C=O) groups is 1. The summed E-state index contributed by atoms with van der Waals surface area (Å²) in [7, 11) is 0. The van der Waals surface area contributed by atoms with Gasteiger partial charge in [-0.05, 0) is 42.9 Å². The van der Waals surface area contributed by atoms with Gasteiger partial charge in [-0.1, -0.05) is 27.4 Å². The highest BCUT2D eigenvalue weighted by molar-refractivity contribution is 5.91. The summed E-state index contributed by atoms with van der Waals surface area (Å²) in [5, 5.41) is 3.00. The monoisotopic (exact) mass is 379 g/mol. The molecule has 1 amide bonds. The number of pyridine rings is 1. The van der Waals surface area contributed by atoms with Gasteiger partial charge in [-0.2, -0.15) is 0 Å². The van der Waals surface area contributed by atoms with Crippen LogP contribution in [-0.2, 0) is 17.8 Å². The number of aromatic nitrogens is 3. The summed E-state index contributed by atoms with van der Waals surface area (Å²) < 4.78 is 0.